The zero-order chi connectivity index (χ0) is 8.15. The quantitative estimate of drug-likeness (QED) is 0.469. The standard InChI is InChI=1S/C7H11ClO2/c1-5(2)10-4-7(8)6(3)9/h4-5H,1-3H3. The van der Waals surface area contributed by atoms with E-state index in [1.165, 1.54) is 13.2 Å². The summed E-state index contributed by atoms with van der Waals surface area (Å²) in [5, 5.41) is 0.133. The van der Waals surface area contributed by atoms with E-state index < -0.39 is 0 Å². The molecule has 0 aromatic carbocycles. The van der Waals surface area contributed by atoms with Gasteiger partial charge in [0.05, 0.1) is 6.10 Å². The van der Waals surface area contributed by atoms with E-state index in [2.05, 4.69) is 0 Å². The van der Waals surface area contributed by atoms with Gasteiger partial charge in [0.1, 0.15) is 11.3 Å². The van der Waals surface area contributed by atoms with Gasteiger partial charge in [-0.15, -0.1) is 0 Å². The minimum absolute atomic E-state index is 0.0631. The van der Waals surface area contributed by atoms with Crippen molar-refractivity contribution in [1.82, 2.24) is 0 Å². The number of Topliss-reactive ketones (excluding diaryl/α,β-unsaturated/α-hetero) is 1. The molecular weight excluding hydrogens is 152 g/mol. The summed E-state index contributed by atoms with van der Waals surface area (Å²) < 4.78 is 4.95. The highest BCUT2D eigenvalue weighted by atomic mass is 35.5. The molecule has 0 aliphatic carbocycles. The summed E-state index contributed by atoms with van der Waals surface area (Å²) >= 11 is 5.45. The van der Waals surface area contributed by atoms with Gasteiger partial charge in [0, 0.05) is 6.92 Å². The molecule has 10 heavy (non-hydrogen) atoms. The van der Waals surface area contributed by atoms with Gasteiger partial charge in [-0.1, -0.05) is 11.6 Å². The van der Waals surface area contributed by atoms with Crippen molar-refractivity contribution in [3.63, 3.8) is 0 Å². The Morgan fingerprint density at radius 1 is 1.60 bits per heavy atom. The molecule has 58 valence electrons. The van der Waals surface area contributed by atoms with Gasteiger partial charge in [-0.25, -0.2) is 0 Å². The van der Waals surface area contributed by atoms with E-state index in [0.717, 1.165) is 0 Å². The molecule has 0 aliphatic rings. The summed E-state index contributed by atoms with van der Waals surface area (Å²) in [5.74, 6) is -0.178. The maximum atomic E-state index is 10.5. The van der Waals surface area contributed by atoms with E-state index in [9.17, 15) is 4.79 Å². The molecule has 0 aromatic rings. The summed E-state index contributed by atoms with van der Waals surface area (Å²) in [4.78, 5) is 10.5. The molecule has 0 rings (SSSR count). The van der Waals surface area contributed by atoms with E-state index in [1.54, 1.807) is 0 Å². The van der Waals surface area contributed by atoms with Gasteiger partial charge in [0.15, 0.2) is 5.78 Å². The van der Waals surface area contributed by atoms with E-state index in [0.29, 0.717) is 0 Å². The second-order valence-electron chi connectivity index (χ2n) is 2.21. The topological polar surface area (TPSA) is 26.3 Å². The lowest BCUT2D eigenvalue weighted by molar-refractivity contribution is -0.113. The average molecular weight is 163 g/mol. The number of hydrogen-bond acceptors (Lipinski definition) is 2. The normalized spacial score (nSPS) is 11.9. The first-order valence-corrected chi connectivity index (χ1v) is 3.44. The van der Waals surface area contributed by atoms with Crippen LogP contribution in [0.15, 0.2) is 11.3 Å². The van der Waals surface area contributed by atoms with Gasteiger partial charge >= 0.3 is 0 Å². The molecule has 0 saturated carbocycles. The molecular formula is C7H11ClO2. The molecule has 0 unspecified atom stereocenters. The van der Waals surface area contributed by atoms with Crippen molar-refractivity contribution in [3.05, 3.63) is 11.3 Å². The first kappa shape index (κ1) is 9.50. The molecule has 0 spiro atoms. The lowest BCUT2D eigenvalue weighted by Gasteiger charge is -2.02. The summed E-state index contributed by atoms with van der Waals surface area (Å²) in [7, 11) is 0. The minimum atomic E-state index is -0.178. The van der Waals surface area contributed by atoms with Crippen LogP contribution in [0.2, 0.25) is 0 Å². The van der Waals surface area contributed by atoms with Crippen molar-refractivity contribution >= 4 is 17.4 Å². The number of ketones is 1. The van der Waals surface area contributed by atoms with Crippen LogP contribution >= 0.6 is 11.6 Å². The Hall–Kier alpha value is -0.500. The van der Waals surface area contributed by atoms with Gasteiger partial charge in [-0.05, 0) is 13.8 Å². The van der Waals surface area contributed by atoms with Crippen LogP contribution < -0.4 is 0 Å². The van der Waals surface area contributed by atoms with Gasteiger partial charge in [0.2, 0.25) is 0 Å². The fraction of sp³-hybridized carbons (Fsp3) is 0.571. The number of carbonyl (C=O) groups is 1. The first-order chi connectivity index (χ1) is 4.54. The number of ether oxygens (including phenoxy) is 1. The second-order valence-corrected chi connectivity index (χ2v) is 2.61. The van der Waals surface area contributed by atoms with Gasteiger partial charge in [0.25, 0.3) is 0 Å². The predicted molar refractivity (Wildman–Crippen MR) is 40.8 cm³/mol. The van der Waals surface area contributed by atoms with Crippen molar-refractivity contribution in [2.75, 3.05) is 0 Å². The lowest BCUT2D eigenvalue weighted by atomic mass is 10.4. The van der Waals surface area contributed by atoms with Crippen molar-refractivity contribution in [2.24, 2.45) is 0 Å². The third kappa shape index (κ3) is 4.39. The zero-order valence-corrected chi connectivity index (χ0v) is 7.11. The Morgan fingerprint density at radius 2 is 2.10 bits per heavy atom. The summed E-state index contributed by atoms with van der Waals surface area (Å²) in [6, 6.07) is 0. The fourth-order valence-corrected chi connectivity index (χ4v) is 0.330. The summed E-state index contributed by atoms with van der Waals surface area (Å²) in [6.07, 6.45) is 1.34. The molecule has 3 heteroatoms. The van der Waals surface area contributed by atoms with Crippen molar-refractivity contribution in [2.45, 2.75) is 26.9 Å². The molecule has 0 bridgehead atoms. The molecule has 0 N–H and O–H groups in total. The minimum Gasteiger partial charge on any atom is -0.497 e. The van der Waals surface area contributed by atoms with E-state index in [-0.39, 0.29) is 16.9 Å². The molecule has 0 aliphatic heterocycles. The number of halogens is 1. The van der Waals surface area contributed by atoms with Gasteiger partial charge in [-0.2, -0.15) is 0 Å². The summed E-state index contributed by atoms with van der Waals surface area (Å²) in [5.41, 5.74) is 0. The van der Waals surface area contributed by atoms with Gasteiger partial charge < -0.3 is 4.74 Å². The monoisotopic (exact) mass is 162 g/mol. The van der Waals surface area contributed by atoms with Crippen LogP contribution in [0, 0.1) is 0 Å². The number of allylic oxidation sites excluding steroid dienone is 1. The van der Waals surface area contributed by atoms with Crippen molar-refractivity contribution in [3.8, 4) is 0 Å². The fourth-order valence-electron chi connectivity index (χ4n) is 0.279. The molecule has 0 radical (unpaired) electrons. The Labute approximate surface area is 65.8 Å². The Kier molecular flexibility index (Phi) is 4.12. The number of carbonyl (C=O) groups excluding carboxylic acids is 1. The second kappa shape index (κ2) is 4.34. The van der Waals surface area contributed by atoms with Crippen LogP contribution in [0.25, 0.3) is 0 Å². The molecule has 0 aromatic heterocycles. The Morgan fingerprint density at radius 3 is 2.40 bits per heavy atom. The van der Waals surface area contributed by atoms with Crippen LogP contribution in [0.4, 0.5) is 0 Å². The largest absolute Gasteiger partial charge is 0.497 e. The number of hydrogen-bond donors (Lipinski definition) is 0. The molecule has 0 heterocycles. The van der Waals surface area contributed by atoms with Crippen LogP contribution in [0.3, 0.4) is 0 Å². The van der Waals surface area contributed by atoms with E-state index in [1.807, 2.05) is 13.8 Å². The molecule has 2 nitrogen and oxygen atoms in total. The van der Waals surface area contributed by atoms with Crippen LogP contribution in [-0.4, -0.2) is 11.9 Å². The van der Waals surface area contributed by atoms with Crippen LogP contribution in [0.1, 0.15) is 20.8 Å². The Bertz CT molecular complexity index is 150. The van der Waals surface area contributed by atoms with Crippen LogP contribution in [-0.2, 0) is 9.53 Å². The molecule has 0 saturated heterocycles. The van der Waals surface area contributed by atoms with Crippen LogP contribution in [0.5, 0.6) is 0 Å². The predicted octanol–water partition coefficient (Wildman–Crippen LogP) is 2.08. The van der Waals surface area contributed by atoms with Gasteiger partial charge in [-0.3, -0.25) is 4.79 Å². The first-order valence-electron chi connectivity index (χ1n) is 3.06. The highest BCUT2D eigenvalue weighted by Gasteiger charge is 1.98. The van der Waals surface area contributed by atoms with Crippen molar-refractivity contribution < 1.29 is 9.53 Å². The molecule has 0 amide bonds. The summed E-state index contributed by atoms with van der Waals surface area (Å²) in [6.45, 7) is 5.12. The lowest BCUT2D eigenvalue weighted by Crippen LogP contribution is -1.98. The smallest absolute Gasteiger partial charge is 0.174 e. The highest BCUT2D eigenvalue weighted by molar-refractivity contribution is 6.42. The average Bonchev–Trinajstić information content (AvgIpc) is 1.82. The van der Waals surface area contributed by atoms with E-state index in [4.69, 9.17) is 16.3 Å². The Balaban J connectivity index is 3.81. The molecule has 0 atom stereocenters. The number of rotatable bonds is 3. The highest BCUT2D eigenvalue weighted by Crippen LogP contribution is 2.03. The maximum absolute atomic E-state index is 10.5. The SMILES string of the molecule is CC(=O)C(Cl)=COC(C)C. The maximum Gasteiger partial charge on any atom is 0.174 e. The van der Waals surface area contributed by atoms with E-state index >= 15 is 0 Å². The van der Waals surface area contributed by atoms with Crippen molar-refractivity contribution in [1.29, 1.82) is 0 Å². The molecule has 0 fully saturated rings. The third-order valence-electron chi connectivity index (χ3n) is 0.780. The third-order valence-corrected chi connectivity index (χ3v) is 1.14. The zero-order valence-electron chi connectivity index (χ0n) is 6.35.